The van der Waals surface area contributed by atoms with E-state index in [4.69, 9.17) is 9.40 Å². The monoisotopic (exact) mass is 860 g/mol. The second-order valence-corrected chi connectivity index (χ2v) is 13.3. The van der Waals surface area contributed by atoms with Crippen LogP contribution in [-0.2, 0) is 34.2 Å². The van der Waals surface area contributed by atoms with E-state index in [1.807, 2.05) is 76.8 Å². The van der Waals surface area contributed by atoms with E-state index >= 15 is 0 Å². The van der Waals surface area contributed by atoms with Gasteiger partial charge in [-0.25, -0.2) is 0 Å². The van der Waals surface area contributed by atoms with E-state index in [1.165, 1.54) is 38.1 Å². The maximum atomic E-state index is 6.83. The van der Waals surface area contributed by atoms with Gasteiger partial charge in [0.15, 0.2) is 11.2 Å². The molecule has 0 unspecified atom stereocenters. The largest absolute Gasteiger partial charge is 3.00 e. The van der Waals surface area contributed by atoms with Gasteiger partial charge in [-0.05, 0) is 24.3 Å². The van der Waals surface area contributed by atoms with Crippen molar-refractivity contribution in [2.75, 3.05) is 0 Å². The van der Waals surface area contributed by atoms with Gasteiger partial charge >= 0.3 is 20.1 Å². The molecule has 0 radical (unpaired) electrons. The molecule has 7 heteroatoms. The van der Waals surface area contributed by atoms with E-state index in [0.29, 0.717) is 0 Å². The molecule has 7 aromatic carbocycles. The van der Waals surface area contributed by atoms with Crippen LogP contribution in [0.2, 0.25) is 0 Å². The smallest absolute Gasteiger partial charge is 0.452 e. The Morgan fingerprint density at radius 3 is 2.02 bits per heavy atom. The minimum absolute atomic E-state index is 0. The normalized spacial score (nSPS) is 11.8. The van der Waals surface area contributed by atoms with Gasteiger partial charge in [-0.1, -0.05) is 72.4 Å². The fraction of sp³-hybridized carbons (Fsp3) is 0.0435. The number of imidazole rings is 2. The van der Waals surface area contributed by atoms with Crippen LogP contribution >= 0.6 is 0 Å². The molecule has 0 aliphatic rings. The summed E-state index contributed by atoms with van der Waals surface area (Å²) in [5.74, 6) is 0.884. The first kappa shape index (κ1) is 31.5. The Morgan fingerprint density at radius 2 is 1.23 bits per heavy atom. The van der Waals surface area contributed by atoms with Crippen LogP contribution in [-0.4, -0.2) is 18.5 Å². The molecule has 0 amide bonds. The Kier molecular flexibility index (Phi) is 7.06. The molecule has 0 aliphatic carbocycles. The van der Waals surface area contributed by atoms with E-state index in [0.717, 1.165) is 61.1 Å². The molecule has 12 rings (SSSR count). The number of aromatic nitrogens is 5. The number of furan rings is 1. The molecule has 0 spiro atoms. The van der Waals surface area contributed by atoms with Crippen molar-refractivity contribution in [1.82, 2.24) is 18.5 Å². The van der Waals surface area contributed by atoms with Gasteiger partial charge in [0, 0.05) is 39.4 Å². The van der Waals surface area contributed by atoms with E-state index in [2.05, 4.69) is 113 Å². The molecule has 0 aliphatic heterocycles. The number of fused-ring (bicyclic) bond motifs is 13. The zero-order chi connectivity index (χ0) is 34.5. The van der Waals surface area contributed by atoms with Gasteiger partial charge in [0.25, 0.3) is 0 Å². The molecule has 53 heavy (non-hydrogen) atoms. The molecule has 0 N–H and O–H groups in total. The molecule has 0 saturated heterocycles. The minimum Gasteiger partial charge on any atom is -0.452 e. The average molecular weight is 860 g/mol. The first-order chi connectivity index (χ1) is 25.7. The van der Waals surface area contributed by atoms with E-state index in [-0.39, 0.29) is 20.1 Å². The van der Waals surface area contributed by atoms with Crippen molar-refractivity contribution in [2.45, 2.75) is 0 Å². The fourth-order valence-electron chi connectivity index (χ4n) is 8.16. The summed E-state index contributed by atoms with van der Waals surface area (Å²) in [5, 5.41) is 7.25. The number of para-hydroxylation sites is 5. The Labute approximate surface area is 317 Å². The number of hydrogen-bond donors (Lipinski definition) is 0. The maximum Gasteiger partial charge on any atom is 3.00 e. The number of aryl methyl sites for hydroxylation is 2. The van der Waals surface area contributed by atoms with Crippen molar-refractivity contribution in [1.29, 1.82) is 0 Å². The Hall–Kier alpha value is -6.27. The van der Waals surface area contributed by atoms with E-state index in [9.17, 15) is 0 Å². The van der Waals surface area contributed by atoms with Crippen LogP contribution in [0.15, 0.2) is 144 Å². The van der Waals surface area contributed by atoms with Crippen molar-refractivity contribution in [3.63, 3.8) is 0 Å². The minimum atomic E-state index is 0. The van der Waals surface area contributed by atoms with Gasteiger partial charge in [-0.3, -0.25) is 4.98 Å². The van der Waals surface area contributed by atoms with Gasteiger partial charge in [0.2, 0.25) is 6.33 Å². The number of benzene rings is 7. The number of hydrogen-bond acceptors (Lipinski definition) is 2. The molecule has 0 saturated carbocycles. The van der Waals surface area contributed by atoms with Crippen molar-refractivity contribution < 1.29 is 29.1 Å². The van der Waals surface area contributed by atoms with Gasteiger partial charge in [-0.2, -0.15) is 30.3 Å². The third kappa shape index (κ3) is 4.48. The van der Waals surface area contributed by atoms with Crippen LogP contribution in [0.3, 0.4) is 0 Å². The molecule has 0 bridgehead atoms. The molecular formula is C46H29IrN5O+. The zero-order valence-corrected chi connectivity index (χ0v) is 31.2. The predicted molar refractivity (Wildman–Crippen MR) is 209 cm³/mol. The van der Waals surface area contributed by atoms with Crippen molar-refractivity contribution in [2.24, 2.45) is 14.1 Å². The zero-order valence-electron chi connectivity index (χ0n) is 28.8. The topological polar surface area (TPSA) is 44.2 Å². The predicted octanol–water partition coefficient (Wildman–Crippen LogP) is 10.1. The summed E-state index contributed by atoms with van der Waals surface area (Å²) in [6, 6.07) is 54.6. The van der Waals surface area contributed by atoms with Crippen molar-refractivity contribution in [3.8, 4) is 17.1 Å². The third-order valence-corrected chi connectivity index (χ3v) is 10.4. The Balaban J connectivity index is 0.000000173. The summed E-state index contributed by atoms with van der Waals surface area (Å²) < 4.78 is 15.4. The van der Waals surface area contributed by atoms with Crippen LogP contribution in [0.4, 0.5) is 0 Å². The first-order valence-corrected chi connectivity index (χ1v) is 17.4. The molecule has 0 fully saturated rings. The third-order valence-electron chi connectivity index (χ3n) is 10.4. The second kappa shape index (κ2) is 11.9. The molecule has 5 aromatic heterocycles. The summed E-state index contributed by atoms with van der Waals surface area (Å²) in [4.78, 5) is 4.94. The maximum absolute atomic E-state index is 6.83. The van der Waals surface area contributed by atoms with Crippen LogP contribution in [0.1, 0.15) is 0 Å². The van der Waals surface area contributed by atoms with Crippen LogP contribution in [0.5, 0.6) is 0 Å². The average Bonchev–Trinajstić information content (AvgIpc) is 4.00. The first-order valence-electron chi connectivity index (χ1n) is 17.4. The van der Waals surface area contributed by atoms with E-state index in [1.54, 1.807) is 0 Å². The fourth-order valence-corrected chi connectivity index (χ4v) is 8.16. The molecular weight excluding hydrogens is 831 g/mol. The number of nitrogens with zero attached hydrogens (tertiary/aromatic N) is 5. The van der Waals surface area contributed by atoms with Crippen LogP contribution < -0.4 is 4.57 Å². The molecule has 0 atom stereocenters. The Morgan fingerprint density at radius 1 is 0.585 bits per heavy atom. The Bertz CT molecular complexity index is 3320. The van der Waals surface area contributed by atoms with Crippen molar-refractivity contribution >= 4 is 82.1 Å². The molecule has 6 nitrogen and oxygen atoms in total. The standard InChI is InChI=1S/C32H18N3O.C14H11N2.Ir/c1-34-29-25(33-32(34)18-8-3-2-4-9-18)17-16-24-23-15-14-22-21-12-7-11-20-19-10-5-6-13-26(19)35(27(20)21)28(22)30(23)36-31(24)29;1-15-11-16(12-7-3-2-4-8-12)14-10-6-5-9-13(14)15;/h2-8,10-17H,1H3;2-7,9-10H,1H3;/q2*-1;+3. The quantitative estimate of drug-likeness (QED) is 0.128. The summed E-state index contributed by atoms with van der Waals surface area (Å²) in [7, 11) is 4.06. The van der Waals surface area contributed by atoms with Crippen LogP contribution in [0.25, 0.3) is 99.2 Å². The van der Waals surface area contributed by atoms with Gasteiger partial charge in [0.1, 0.15) is 5.52 Å². The van der Waals surface area contributed by atoms with Crippen LogP contribution in [0, 0.1) is 18.5 Å². The summed E-state index contributed by atoms with van der Waals surface area (Å²) in [6.45, 7) is 0. The van der Waals surface area contributed by atoms with Gasteiger partial charge in [-0.15, -0.1) is 35.9 Å². The summed E-state index contributed by atoms with van der Waals surface area (Å²) in [6.07, 6.45) is 3.27. The van der Waals surface area contributed by atoms with Gasteiger partial charge < -0.3 is 22.5 Å². The second-order valence-electron chi connectivity index (χ2n) is 13.3. The SMILES string of the molecule is C[n+]1[c-]n(-c2[c-]cccc2)c2ccccc21.Cn1c(-c2[c-]cccc2)nc2ccc3c4ccc5c6cccc7c8ccccc8n(c76)c5c4oc3c21.[Ir+3]. The van der Waals surface area contributed by atoms with E-state index < -0.39 is 0 Å². The van der Waals surface area contributed by atoms with Crippen molar-refractivity contribution in [3.05, 3.63) is 158 Å². The number of rotatable bonds is 2. The molecule has 5 heterocycles. The summed E-state index contributed by atoms with van der Waals surface area (Å²) >= 11 is 0. The molecule has 252 valence electrons. The van der Waals surface area contributed by atoms with Gasteiger partial charge in [0.05, 0.1) is 46.0 Å². The summed E-state index contributed by atoms with van der Waals surface area (Å²) in [5.41, 5.74) is 11.6. The molecule has 12 aromatic rings.